The second-order valence-corrected chi connectivity index (χ2v) is 12.9. The summed E-state index contributed by atoms with van der Waals surface area (Å²) in [4.78, 5) is 2.42. The second-order valence-electron chi connectivity index (χ2n) is 12.9. The third kappa shape index (κ3) is 4.57. The molecule has 2 nitrogen and oxygen atoms in total. The predicted molar refractivity (Wildman–Crippen MR) is 212 cm³/mol. The molecule has 0 radical (unpaired) electrons. The number of nitrogens with zero attached hydrogens (tertiary/aromatic N) is 1. The van der Waals surface area contributed by atoms with Crippen LogP contribution in [0.1, 0.15) is 0 Å². The van der Waals surface area contributed by atoms with Crippen LogP contribution < -0.4 is 4.90 Å². The van der Waals surface area contributed by atoms with Crippen molar-refractivity contribution in [3.05, 3.63) is 188 Å². The summed E-state index contributed by atoms with van der Waals surface area (Å²) in [6.45, 7) is 0. The molecule has 0 bridgehead atoms. The van der Waals surface area contributed by atoms with E-state index in [4.69, 9.17) is 4.42 Å². The van der Waals surface area contributed by atoms with Crippen molar-refractivity contribution in [2.24, 2.45) is 0 Å². The number of fused-ring (bicyclic) bond motifs is 7. The first kappa shape index (κ1) is 28.4. The molecular formula is C48H31NO. The van der Waals surface area contributed by atoms with E-state index in [0.29, 0.717) is 0 Å². The first-order valence-corrected chi connectivity index (χ1v) is 17.1. The van der Waals surface area contributed by atoms with Crippen molar-refractivity contribution in [2.75, 3.05) is 4.90 Å². The first-order valence-electron chi connectivity index (χ1n) is 17.1. The fourth-order valence-corrected chi connectivity index (χ4v) is 7.73. The van der Waals surface area contributed by atoms with E-state index in [1.54, 1.807) is 0 Å². The highest BCUT2D eigenvalue weighted by Gasteiger charge is 2.22. The Morgan fingerprint density at radius 2 is 0.920 bits per heavy atom. The molecular weight excluding hydrogens is 607 g/mol. The van der Waals surface area contributed by atoms with Gasteiger partial charge in [-0.3, -0.25) is 0 Å². The molecule has 0 N–H and O–H groups in total. The molecule has 0 aliphatic carbocycles. The molecule has 0 unspecified atom stereocenters. The van der Waals surface area contributed by atoms with Gasteiger partial charge in [0.15, 0.2) is 0 Å². The molecule has 0 fully saturated rings. The van der Waals surface area contributed by atoms with E-state index >= 15 is 0 Å². The van der Waals surface area contributed by atoms with Crippen molar-refractivity contribution in [1.29, 1.82) is 0 Å². The van der Waals surface area contributed by atoms with Crippen LogP contribution in [-0.4, -0.2) is 0 Å². The fourth-order valence-electron chi connectivity index (χ4n) is 7.73. The van der Waals surface area contributed by atoms with Crippen molar-refractivity contribution in [1.82, 2.24) is 0 Å². The molecule has 234 valence electrons. The molecule has 0 aliphatic heterocycles. The maximum Gasteiger partial charge on any atom is 0.137 e. The van der Waals surface area contributed by atoms with Gasteiger partial charge in [0.2, 0.25) is 0 Å². The predicted octanol–water partition coefficient (Wildman–Crippen LogP) is 13.8. The van der Waals surface area contributed by atoms with Crippen molar-refractivity contribution in [3.63, 3.8) is 0 Å². The first-order chi connectivity index (χ1) is 24.8. The van der Waals surface area contributed by atoms with Crippen LogP contribution in [0.4, 0.5) is 17.1 Å². The van der Waals surface area contributed by atoms with Gasteiger partial charge in [-0.25, -0.2) is 0 Å². The van der Waals surface area contributed by atoms with E-state index in [9.17, 15) is 0 Å². The normalized spacial score (nSPS) is 11.6. The highest BCUT2D eigenvalue weighted by atomic mass is 16.3. The molecule has 0 atom stereocenters. The summed E-state index contributed by atoms with van der Waals surface area (Å²) in [5, 5.41) is 9.65. The zero-order valence-corrected chi connectivity index (χ0v) is 27.3. The summed E-state index contributed by atoms with van der Waals surface area (Å²) in [5.41, 5.74) is 9.75. The summed E-state index contributed by atoms with van der Waals surface area (Å²) in [6, 6.07) is 67.6. The highest BCUT2D eigenvalue weighted by Crippen LogP contribution is 2.47. The Morgan fingerprint density at radius 3 is 1.82 bits per heavy atom. The Bertz CT molecular complexity index is 2890. The fraction of sp³-hybridized carbons (Fsp3) is 0. The van der Waals surface area contributed by atoms with Gasteiger partial charge in [-0.1, -0.05) is 146 Å². The van der Waals surface area contributed by atoms with Crippen LogP contribution in [0.25, 0.3) is 76.5 Å². The lowest BCUT2D eigenvalue weighted by molar-refractivity contribution is 0.669. The summed E-state index contributed by atoms with van der Waals surface area (Å²) < 4.78 is 6.42. The van der Waals surface area contributed by atoms with Crippen molar-refractivity contribution in [2.45, 2.75) is 0 Å². The maximum absolute atomic E-state index is 6.42. The molecule has 2 heteroatoms. The molecule has 0 aliphatic rings. The van der Waals surface area contributed by atoms with E-state index < -0.39 is 0 Å². The summed E-state index contributed by atoms with van der Waals surface area (Å²) in [6.07, 6.45) is 0. The molecule has 0 amide bonds. The number of para-hydroxylation sites is 2. The molecule has 10 rings (SSSR count). The van der Waals surface area contributed by atoms with Gasteiger partial charge in [-0.2, -0.15) is 0 Å². The average Bonchev–Trinajstić information content (AvgIpc) is 3.57. The third-order valence-corrected chi connectivity index (χ3v) is 10.0. The zero-order valence-electron chi connectivity index (χ0n) is 27.3. The Hall–Kier alpha value is -6.64. The van der Waals surface area contributed by atoms with Crippen molar-refractivity contribution >= 4 is 71.3 Å². The van der Waals surface area contributed by atoms with E-state index in [2.05, 4.69) is 187 Å². The van der Waals surface area contributed by atoms with Crippen LogP contribution in [0.15, 0.2) is 192 Å². The average molecular weight is 638 g/mol. The van der Waals surface area contributed by atoms with Gasteiger partial charge in [0.25, 0.3) is 0 Å². The van der Waals surface area contributed by atoms with Crippen molar-refractivity contribution < 1.29 is 4.42 Å². The lowest BCUT2D eigenvalue weighted by Gasteiger charge is -2.29. The van der Waals surface area contributed by atoms with E-state index in [-0.39, 0.29) is 0 Å². The monoisotopic (exact) mass is 637 g/mol. The third-order valence-electron chi connectivity index (χ3n) is 10.0. The zero-order chi connectivity index (χ0) is 33.0. The summed E-state index contributed by atoms with van der Waals surface area (Å²) in [7, 11) is 0. The van der Waals surface area contributed by atoms with Crippen LogP contribution in [-0.2, 0) is 0 Å². The Balaban J connectivity index is 1.22. The van der Waals surface area contributed by atoms with Gasteiger partial charge in [0, 0.05) is 16.6 Å². The van der Waals surface area contributed by atoms with E-state index in [1.807, 2.05) is 6.07 Å². The standard InChI is InChI=1S/C48H31NO/c1-3-17-38-32(12-1)14-10-21-40(38)34-15-9-16-35(30-34)42-19-5-7-22-44(42)49(45-23-11-25-47-48(45)43-20-6-8-24-46(43)50-47)37-28-29-41-36(31-37)27-26-33-13-2-4-18-39(33)41/h1-31H. The minimum atomic E-state index is 0.871. The van der Waals surface area contributed by atoms with Gasteiger partial charge in [0.05, 0.1) is 16.8 Å². The SMILES string of the molecule is c1cc(-c2ccccc2N(c2ccc3c(ccc4ccccc43)c2)c2cccc3oc4ccccc4c23)cc(-c2cccc3ccccc23)c1. The van der Waals surface area contributed by atoms with Crippen LogP contribution >= 0.6 is 0 Å². The van der Waals surface area contributed by atoms with Crippen LogP contribution in [0.5, 0.6) is 0 Å². The smallest absolute Gasteiger partial charge is 0.137 e. The van der Waals surface area contributed by atoms with Crippen molar-refractivity contribution in [3.8, 4) is 22.3 Å². The summed E-state index contributed by atoms with van der Waals surface area (Å²) in [5.74, 6) is 0. The molecule has 10 aromatic rings. The number of anilines is 3. The molecule has 50 heavy (non-hydrogen) atoms. The number of furan rings is 1. The van der Waals surface area contributed by atoms with Gasteiger partial charge < -0.3 is 9.32 Å². The van der Waals surface area contributed by atoms with Gasteiger partial charge in [-0.05, 0) is 91.5 Å². The maximum atomic E-state index is 6.42. The highest BCUT2D eigenvalue weighted by molar-refractivity contribution is 6.15. The van der Waals surface area contributed by atoms with E-state index in [0.717, 1.165) is 50.1 Å². The number of hydrogen-bond acceptors (Lipinski definition) is 2. The number of hydrogen-bond donors (Lipinski definition) is 0. The Labute approximate surface area is 290 Å². The molecule has 1 heterocycles. The van der Waals surface area contributed by atoms with Gasteiger partial charge in [0.1, 0.15) is 11.2 Å². The quantitative estimate of drug-likeness (QED) is 0.175. The lowest BCUT2D eigenvalue weighted by atomic mass is 9.94. The largest absolute Gasteiger partial charge is 0.456 e. The molecule has 1 aromatic heterocycles. The molecule has 0 saturated heterocycles. The summed E-state index contributed by atoms with van der Waals surface area (Å²) >= 11 is 0. The number of rotatable bonds is 5. The minimum absolute atomic E-state index is 0.871. The van der Waals surface area contributed by atoms with Crippen LogP contribution in [0, 0.1) is 0 Å². The van der Waals surface area contributed by atoms with Crippen LogP contribution in [0.2, 0.25) is 0 Å². The molecule has 0 spiro atoms. The molecule has 9 aromatic carbocycles. The van der Waals surface area contributed by atoms with Gasteiger partial charge >= 0.3 is 0 Å². The van der Waals surface area contributed by atoms with Gasteiger partial charge in [-0.15, -0.1) is 0 Å². The minimum Gasteiger partial charge on any atom is -0.456 e. The Kier molecular flexibility index (Phi) is 6.53. The van der Waals surface area contributed by atoms with E-state index in [1.165, 1.54) is 43.4 Å². The number of benzene rings is 9. The van der Waals surface area contributed by atoms with Crippen LogP contribution in [0.3, 0.4) is 0 Å². The lowest BCUT2D eigenvalue weighted by Crippen LogP contribution is -2.11. The Morgan fingerprint density at radius 1 is 0.340 bits per heavy atom. The topological polar surface area (TPSA) is 16.4 Å². The molecule has 0 saturated carbocycles. The second kappa shape index (κ2) is 11.5.